The zero-order chi connectivity index (χ0) is 23.1. The average molecular weight is 443 g/mol. The molecular formula is C32H30N2. The SMILES string of the molecule is CN1CC1c1ccccc1-c1ccc(/C=C/c2ccc(-c3ccccc3C3CN3C)cc2)cc1. The Kier molecular flexibility index (Phi) is 5.41. The average Bonchev–Trinajstić information content (AvgIpc) is 3.81. The molecule has 2 heteroatoms. The third kappa shape index (κ3) is 4.23. The van der Waals surface area contributed by atoms with Gasteiger partial charge in [-0.25, -0.2) is 0 Å². The van der Waals surface area contributed by atoms with Crippen molar-refractivity contribution in [3.63, 3.8) is 0 Å². The van der Waals surface area contributed by atoms with Crippen molar-refractivity contribution in [2.24, 2.45) is 0 Å². The molecule has 4 aromatic rings. The summed E-state index contributed by atoms with van der Waals surface area (Å²) in [5.41, 5.74) is 10.6. The molecule has 2 fully saturated rings. The highest BCUT2D eigenvalue weighted by Gasteiger charge is 2.33. The van der Waals surface area contributed by atoms with Gasteiger partial charge in [-0.05, 0) is 58.6 Å². The highest BCUT2D eigenvalue weighted by atomic mass is 15.3. The van der Waals surface area contributed by atoms with Crippen molar-refractivity contribution in [2.75, 3.05) is 27.2 Å². The second-order valence-corrected chi connectivity index (χ2v) is 9.66. The van der Waals surface area contributed by atoms with Crippen LogP contribution in [0.4, 0.5) is 0 Å². The molecule has 4 unspecified atom stereocenters. The molecule has 168 valence electrons. The molecule has 2 heterocycles. The van der Waals surface area contributed by atoms with Crippen molar-refractivity contribution in [3.05, 3.63) is 119 Å². The van der Waals surface area contributed by atoms with Crippen LogP contribution >= 0.6 is 0 Å². The van der Waals surface area contributed by atoms with Crippen LogP contribution in [0.3, 0.4) is 0 Å². The van der Waals surface area contributed by atoms with Gasteiger partial charge in [-0.2, -0.15) is 0 Å². The molecule has 0 radical (unpaired) electrons. The van der Waals surface area contributed by atoms with Crippen molar-refractivity contribution in [3.8, 4) is 22.3 Å². The summed E-state index contributed by atoms with van der Waals surface area (Å²) in [6.07, 6.45) is 4.40. The molecule has 0 spiro atoms. The van der Waals surface area contributed by atoms with Gasteiger partial charge in [0.05, 0.1) is 0 Å². The van der Waals surface area contributed by atoms with Crippen molar-refractivity contribution in [1.29, 1.82) is 0 Å². The smallest absolute Gasteiger partial charge is 0.0479 e. The summed E-state index contributed by atoms with van der Waals surface area (Å²) in [5.74, 6) is 0. The molecule has 0 amide bonds. The van der Waals surface area contributed by atoms with Gasteiger partial charge in [0.25, 0.3) is 0 Å². The Hall–Kier alpha value is -3.46. The largest absolute Gasteiger partial charge is 0.296 e. The monoisotopic (exact) mass is 442 g/mol. The lowest BCUT2D eigenvalue weighted by Crippen LogP contribution is -1.92. The summed E-state index contributed by atoms with van der Waals surface area (Å²) in [6, 6.07) is 36.6. The highest BCUT2D eigenvalue weighted by molar-refractivity contribution is 5.75. The van der Waals surface area contributed by atoms with E-state index in [-0.39, 0.29) is 0 Å². The lowest BCUT2D eigenvalue weighted by Gasteiger charge is -2.10. The first-order valence-corrected chi connectivity index (χ1v) is 12.1. The summed E-state index contributed by atoms with van der Waals surface area (Å²) >= 11 is 0. The van der Waals surface area contributed by atoms with Gasteiger partial charge in [-0.15, -0.1) is 0 Å². The number of benzene rings is 4. The van der Waals surface area contributed by atoms with Gasteiger partial charge in [-0.3, -0.25) is 9.80 Å². The lowest BCUT2D eigenvalue weighted by atomic mass is 9.96. The molecule has 6 rings (SSSR count). The zero-order valence-electron chi connectivity index (χ0n) is 19.9. The minimum absolute atomic E-state index is 0.566. The molecule has 2 aliphatic heterocycles. The summed E-state index contributed by atoms with van der Waals surface area (Å²) < 4.78 is 0. The van der Waals surface area contributed by atoms with Crippen molar-refractivity contribution < 1.29 is 0 Å². The molecular weight excluding hydrogens is 412 g/mol. The van der Waals surface area contributed by atoms with E-state index in [1.165, 1.54) is 44.5 Å². The standard InChI is InChI=1S/C32H30N2/c1-33-21-31(33)29-9-5-3-7-27(29)25-17-13-23(14-18-25)11-12-24-15-19-26(20-16-24)28-8-4-6-10-30(28)32-22-34(32)2/h3-20,31-32H,21-22H2,1-2H3/b12-11+. The molecule has 0 aromatic heterocycles. The van der Waals surface area contributed by atoms with Gasteiger partial charge < -0.3 is 0 Å². The number of likely N-dealkylation sites (N-methyl/N-ethyl adjacent to an activating group) is 2. The van der Waals surface area contributed by atoms with Crippen LogP contribution in [0.15, 0.2) is 97.1 Å². The predicted octanol–water partition coefficient (Wildman–Crippen LogP) is 7.16. The van der Waals surface area contributed by atoms with Crippen LogP contribution in [0.2, 0.25) is 0 Å². The van der Waals surface area contributed by atoms with Gasteiger partial charge in [0.1, 0.15) is 0 Å². The Morgan fingerprint density at radius 2 is 0.882 bits per heavy atom. The molecule has 0 aliphatic carbocycles. The van der Waals surface area contributed by atoms with Crippen molar-refractivity contribution in [1.82, 2.24) is 9.80 Å². The topological polar surface area (TPSA) is 6.02 Å². The number of hydrogen-bond donors (Lipinski definition) is 0. The fraction of sp³-hybridized carbons (Fsp3) is 0.188. The minimum Gasteiger partial charge on any atom is -0.296 e. The van der Waals surface area contributed by atoms with Crippen LogP contribution in [0.5, 0.6) is 0 Å². The van der Waals surface area contributed by atoms with E-state index in [2.05, 4.69) is 133 Å². The maximum Gasteiger partial charge on any atom is 0.0479 e. The first kappa shape index (κ1) is 21.1. The highest BCUT2D eigenvalue weighted by Crippen LogP contribution is 2.39. The van der Waals surface area contributed by atoms with Crippen LogP contribution < -0.4 is 0 Å². The summed E-state index contributed by atoms with van der Waals surface area (Å²) in [6.45, 7) is 2.31. The zero-order valence-corrected chi connectivity index (χ0v) is 19.9. The third-order valence-electron chi connectivity index (χ3n) is 7.27. The van der Waals surface area contributed by atoms with Gasteiger partial charge in [0.15, 0.2) is 0 Å². The molecule has 2 aliphatic rings. The Labute approximate surface area is 202 Å². The summed E-state index contributed by atoms with van der Waals surface area (Å²) in [4.78, 5) is 4.76. The number of nitrogens with zero attached hydrogens (tertiary/aromatic N) is 2. The molecule has 4 aromatic carbocycles. The van der Waals surface area contributed by atoms with Crippen LogP contribution in [0, 0.1) is 0 Å². The first-order valence-electron chi connectivity index (χ1n) is 12.1. The fourth-order valence-corrected chi connectivity index (χ4v) is 4.96. The van der Waals surface area contributed by atoms with Crippen molar-refractivity contribution >= 4 is 12.2 Å². The van der Waals surface area contributed by atoms with Gasteiger partial charge in [-0.1, -0.05) is 109 Å². The Morgan fingerprint density at radius 1 is 0.529 bits per heavy atom. The molecule has 2 nitrogen and oxygen atoms in total. The molecule has 2 saturated heterocycles. The van der Waals surface area contributed by atoms with Gasteiger partial charge in [0, 0.05) is 25.2 Å². The van der Waals surface area contributed by atoms with E-state index in [1.807, 2.05) is 0 Å². The van der Waals surface area contributed by atoms with Crippen LogP contribution in [-0.4, -0.2) is 37.0 Å². The second-order valence-electron chi connectivity index (χ2n) is 9.66. The number of rotatable bonds is 6. The molecule has 4 atom stereocenters. The Balaban J connectivity index is 1.18. The summed E-state index contributed by atoms with van der Waals surface area (Å²) in [5, 5.41) is 0. The predicted molar refractivity (Wildman–Crippen MR) is 143 cm³/mol. The maximum absolute atomic E-state index is 2.38. The van der Waals surface area contributed by atoms with E-state index in [1.54, 1.807) is 0 Å². The normalized spacial score (nSPS) is 23.2. The quantitative estimate of drug-likeness (QED) is 0.231. The van der Waals surface area contributed by atoms with Gasteiger partial charge in [0.2, 0.25) is 0 Å². The maximum atomic E-state index is 2.38. The number of hydrogen-bond acceptors (Lipinski definition) is 2. The second kappa shape index (κ2) is 8.72. The fourth-order valence-electron chi connectivity index (χ4n) is 4.96. The van der Waals surface area contributed by atoms with Crippen LogP contribution in [-0.2, 0) is 0 Å². The van der Waals surface area contributed by atoms with E-state index < -0.39 is 0 Å². The van der Waals surface area contributed by atoms with E-state index >= 15 is 0 Å². The molecule has 0 bridgehead atoms. The minimum atomic E-state index is 0.566. The van der Waals surface area contributed by atoms with E-state index in [4.69, 9.17) is 0 Å². The summed E-state index contributed by atoms with van der Waals surface area (Å²) in [7, 11) is 4.37. The van der Waals surface area contributed by atoms with E-state index in [0.717, 1.165) is 13.1 Å². The molecule has 0 saturated carbocycles. The Morgan fingerprint density at radius 3 is 1.24 bits per heavy atom. The van der Waals surface area contributed by atoms with Crippen LogP contribution in [0.1, 0.15) is 34.3 Å². The van der Waals surface area contributed by atoms with E-state index in [0.29, 0.717) is 12.1 Å². The first-order chi connectivity index (χ1) is 16.7. The molecule has 34 heavy (non-hydrogen) atoms. The lowest BCUT2D eigenvalue weighted by molar-refractivity contribution is 0.632. The van der Waals surface area contributed by atoms with Gasteiger partial charge >= 0.3 is 0 Å². The van der Waals surface area contributed by atoms with Crippen LogP contribution in [0.25, 0.3) is 34.4 Å². The third-order valence-corrected chi connectivity index (χ3v) is 7.27. The van der Waals surface area contributed by atoms with Crippen molar-refractivity contribution in [2.45, 2.75) is 12.1 Å². The van der Waals surface area contributed by atoms with E-state index in [9.17, 15) is 0 Å². The molecule has 0 N–H and O–H groups in total. The Bertz CT molecular complexity index is 1230.